The third-order valence-electron chi connectivity index (χ3n) is 3.03. The summed E-state index contributed by atoms with van der Waals surface area (Å²) in [7, 11) is 1.62. The molecule has 0 amide bonds. The topological polar surface area (TPSA) is 59.3 Å². The van der Waals surface area contributed by atoms with Gasteiger partial charge in [0.1, 0.15) is 5.69 Å². The van der Waals surface area contributed by atoms with Crippen LogP contribution in [0, 0.1) is 6.92 Å². The summed E-state index contributed by atoms with van der Waals surface area (Å²) in [5.74, 6) is -1.11. The van der Waals surface area contributed by atoms with Gasteiger partial charge in [0, 0.05) is 25.2 Å². The third-order valence-corrected chi connectivity index (χ3v) is 3.03. The minimum atomic E-state index is -1.03. The summed E-state index contributed by atoms with van der Waals surface area (Å²) in [4.78, 5) is 23.0. The molecular formula is C15H15NO3. The number of Topliss-reactive ketones (excluding diaryl/α,β-unsaturated/α-hetero) is 1. The van der Waals surface area contributed by atoms with Gasteiger partial charge in [0.05, 0.1) is 0 Å². The summed E-state index contributed by atoms with van der Waals surface area (Å²) in [6.45, 7) is 1.99. The van der Waals surface area contributed by atoms with E-state index >= 15 is 0 Å². The van der Waals surface area contributed by atoms with Gasteiger partial charge in [0.15, 0.2) is 5.78 Å². The number of carboxylic acid groups (broad SMARTS) is 1. The number of carboxylic acids is 1. The molecule has 4 nitrogen and oxygen atoms in total. The van der Waals surface area contributed by atoms with E-state index in [0.717, 1.165) is 11.1 Å². The first-order valence-electron chi connectivity index (χ1n) is 5.96. The lowest BCUT2D eigenvalue weighted by atomic mass is 10.0. The smallest absolute Gasteiger partial charge is 0.352 e. The maximum absolute atomic E-state index is 12.1. The van der Waals surface area contributed by atoms with E-state index < -0.39 is 5.97 Å². The minimum absolute atomic E-state index is 0.0769. The van der Waals surface area contributed by atoms with Gasteiger partial charge in [-0.25, -0.2) is 4.79 Å². The molecule has 0 radical (unpaired) electrons. The Kier molecular flexibility index (Phi) is 3.51. The highest BCUT2D eigenvalue weighted by Crippen LogP contribution is 2.12. The zero-order chi connectivity index (χ0) is 14.0. The van der Waals surface area contributed by atoms with Crippen LogP contribution in [0.15, 0.2) is 36.5 Å². The van der Waals surface area contributed by atoms with Crippen molar-refractivity contribution in [2.75, 3.05) is 0 Å². The Morgan fingerprint density at radius 3 is 2.37 bits per heavy atom. The number of ketones is 1. The quantitative estimate of drug-likeness (QED) is 0.856. The SMILES string of the molecule is Cc1ccc(CC(=O)c2cc(C(=O)O)n(C)c2)cc1. The molecule has 0 bridgehead atoms. The van der Waals surface area contributed by atoms with Gasteiger partial charge in [-0.05, 0) is 18.6 Å². The van der Waals surface area contributed by atoms with Crippen LogP contribution >= 0.6 is 0 Å². The van der Waals surface area contributed by atoms with Crippen LogP contribution < -0.4 is 0 Å². The molecule has 1 heterocycles. The number of carbonyl (C=O) groups is 2. The van der Waals surface area contributed by atoms with E-state index in [0.29, 0.717) is 5.56 Å². The molecule has 0 saturated carbocycles. The molecule has 0 atom stereocenters. The lowest BCUT2D eigenvalue weighted by Gasteiger charge is -2.00. The molecule has 0 saturated heterocycles. The highest BCUT2D eigenvalue weighted by Gasteiger charge is 2.15. The Morgan fingerprint density at radius 1 is 1.21 bits per heavy atom. The molecular weight excluding hydrogens is 242 g/mol. The van der Waals surface area contributed by atoms with Crippen molar-refractivity contribution in [1.29, 1.82) is 0 Å². The first kappa shape index (κ1) is 13.1. The fraction of sp³-hybridized carbons (Fsp3) is 0.200. The van der Waals surface area contributed by atoms with Crippen molar-refractivity contribution in [2.24, 2.45) is 7.05 Å². The summed E-state index contributed by atoms with van der Waals surface area (Å²) in [5, 5.41) is 8.95. The van der Waals surface area contributed by atoms with Crippen LogP contribution in [0.4, 0.5) is 0 Å². The van der Waals surface area contributed by atoms with Crippen LogP contribution in [0.2, 0.25) is 0 Å². The van der Waals surface area contributed by atoms with E-state index in [9.17, 15) is 9.59 Å². The van der Waals surface area contributed by atoms with Gasteiger partial charge in [0.2, 0.25) is 0 Å². The normalized spacial score (nSPS) is 10.4. The Labute approximate surface area is 111 Å². The molecule has 1 N–H and O–H groups in total. The molecule has 0 unspecified atom stereocenters. The molecule has 2 rings (SSSR count). The van der Waals surface area contributed by atoms with Crippen LogP contribution in [-0.4, -0.2) is 21.4 Å². The van der Waals surface area contributed by atoms with Crippen molar-refractivity contribution in [3.63, 3.8) is 0 Å². The second-order valence-electron chi connectivity index (χ2n) is 4.62. The van der Waals surface area contributed by atoms with Crippen LogP contribution in [0.5, 0.6) is 0 Å². The van der Waals surface area contributed by atoms with E-state index in [-0.39, 0.29) is 17.9 Å². The zero-order valence-electron chi connectivity index (χ0n) is 10.9. The molecule has 1 aromatic carbocycles. The van der Waals surface area contributed by atoms with E-state index in [1.165, 1.54) is 10.6 Å². The van der Waals surface area contributed by atoms with E-state index in [4.69, 9.17) is 5.11 Å². The minimum Gasteiger partial charge on any atom is -0.477 e. The second-order valence-corrected chi connectivity index (χ2v) is 4.62. The van der Waals surface area contributed by atoms with Crippen molar-refractivity contribution in [2.45, 2.75) is 13.3 Å². The molecule has 0 aliphatic carbocycles. The van der Waals surface area contributed by atoms with Gasteiger partial charge in [-0.15, -0.1) is 0 Å². The Morgan fingerprint density at radius 2 is 1.84 bits per heavy atom. The van der Waals surface area contributed by atoms with Crippen molar-refractivity contribution in [3.8, 4) is 0 Å². The van der Waals surface area contributed by atoms with Crippen LogP contribution in [-0.2, 0) is 13.5 Å². The summed E-state index contributed by atoms with van der Waals surface area (Å²) >= 11 is 0. The fourth-order valence-electron chi connectivity index (χ4n) is 1.92. The van der Waals surface area contributed by atoms with Crippen LogP contribution in [0.3, 0.4) is 0 Å². The van der Waals surface area contributed by atoms with E-state index in [1.807, 2.05) is 31.2 Å². The van der Waals surface area contributed by atoms with Crippen LogP contribution in [0.1, 0.15) is 32.0 Å². The van der Waals surface area contributed by atoms with Crippen molar-refractivity contribution in [3.05, 3.63) is 58.9 Å². The van der Waals surface area contributed by atoms with E-state index in [1.54, 1.807) is 13.2 Å². The number of rotatable bonds is 4. The number of aromatic nitrogens is 1. The molecule has 0 aliphatic heterocycles. The molecule has 0 fully saturated rings. The number of hydrogen-bond acceptors (Lipinski definition) is 2. The van der Waals surface area contributed by atoms with Crippen molar-refractivity contribution < 1.29 is 14.7 Å². The van der Waals surface area contributed by atoms with Crippen LogP contribution in [0.25, 0.3) is 0 Å². The average Bonchev–Trinajstić information content (AvgIpc) is 2.74. The standard InChI is InChI=1S/C15H15NO3/c1-10-3-5-11(6-4-10)7-14(17)12-8-13(15(18)19)16(2)9-12/h3-6,8-9H,7H2,1-2H3,(H,18,19). The predicted molar refractivity (Wildman–Crippen MR) is 71.6 cm³/mol. The number of benzene rings is 1. The van der Waals surface area contributed by atoms with Crippen molar-refractivity contribution in [1.82, 2.24) is 4.57 Å². The number of nitrogens with zero attached hydrogens (tertiary/aromatic N) is 1. The van der Waals surface area contributed by atoms with Gasteiger partial charge in [0.25, 0.3) is 0 Å². The summed E-state index contributed by atoms with van der Waals surface area (Å²) in [6.07, 6.45) is 1.84. The second kappa shape index (κ2) is 5.10. The number of carbonyl (C=O) groups excluding carboxylic acids is 1. The molecule has 4 heteroatoms. The highest BCUT2D eigenvalue weighted by atomic mass is 16.4. The Balaban J connectivity index is 2.18. The Bertz CT molecular complexity index is 623. The summed E-state index contributed by atoms with van der Waals surface area (Å²) in [6, 6.07) is 9.15. The molecule has 0 aliphatic rings. The summed E-state index contributed by atoms with van der Waals surface area (Å²) < 4.78 is 1.45. The highest BCUT2D eigenvalue weighted by molar-refractivity contribution is 5.99. The third kappa shape index (κ3) is 2.91. The lowest BCUT2D eigenvalue weighted by Crippen LogP contribution is -2.02. The molecule has 19 heavy (non-hydrogen) atoms. The Hall–Kier alpha value is -2.36. The lowest BCUT2D eigenvalue weighted by molar-refractivity contribution is 0.0686. The summed E-state index contributed by atoms with van der Waals surface area (Å²) in [5.41, 5.74) is 2.62. The maximum Gasteiger partial charge on any atom is 0.352 e. The monoisotopic (exact) mass is 257 g/mol. The largest absolute Gasteiger partial charge is 0.477 e. The van der Waals surface area contributed by atoms with E-state index in [2.05, 4.69) is 0 Å². The number of hydrogen-bond donors (Lipinski definition) is 1. The van der Waals surface area contributed by atoms with Gasteiger partial charge >= 0.3 is 5.97 Å². The molecule has 2 aromatic rings. The van der Waals surface area contributed by atoms with Gasteiger partial charge < -0.3 is 9.67 Å². The molecule has 98 valence electrons. The fourth-order valence-corrected chi connectivity index (χ4v) is 1.92. The first-order valence-corrected chi connectivity index (χ1v) is 5.96. The first-order chi connectivity index (χ1) is 8.97. The zero-order valence-corrected chi connectivity index (χ0v) is 10.9. The predicted octanol–water partition coefficient (Wildman–Crippen LogP) is 2.46. The molecule has 0 spiro atoms. The van der Waals surface area contributed by atoms with Gasteiger partial charge in [-0.1, -0.05) is 29.8 Å². The van der Waals surface area contributed by atoms with Gasteiger partial charge in [-0.2, -0.15) is 0 Å². The number of aromatic carboxylic acids is 1. The molecule has 1 aromatic heterocycles. The average molecular weight is 257 g/mol. The maximum atomic E-state index is 12.1. The van der Waals surface area contributed by atoms with Gasteiger partial charge in [-0.3, -0.25) is 4.79 Å². The number of aryl methyl sites for hydroxylation is 2. The van der Waals surface area contributed by atoms with Crippen molar-refractivity contribution >= 4 is 11.8 Å².